The maximum absolute atomic E-state index is 14.3. The fourth-order valence-corrected chi connectivity index (χ4v) is 9.76. The van der Waals surface area contributed by atoms with Gasteiger partial charge in [-0.05, 0) is 104 Å². The zero-order valence-electron chi connectivity index (χ0n) is 54.8. The number of nitrogens with one attached hydrogen (secondary N) is 11. The molecule has 0 bridgehead atoms. The van der Waals surface area contributed by atoms with E-state index < -0.39 is 157 Å². The number of thioether (sulfide) groups is 1. The Morgan fingerprint density at radius 1 is 0.468 bits per heavy atom. The second-order valence-electron chi connectivity index (χ2n) is 22.7. The first-order chi connectivity index (χ1) is 44.5. The molecule has 0 heterocycles. The van der Waals surface area contributed by atoms with Crippen LogP contribution in [0.1, 0.15) is 156 Å². The third-order valence-electron chi connectivity index (χ3n) is 14.3. The largest absolute Gasteiger partial charge is 0.480 e. The van der Waals surface area contributed by atoms with Gasteiger partial charge in [-0.3, -0.25) is 62.5 Å². The molecule has 0 unspecified atom stereocenters. The molecule has 11 atom stereocenters. The number of hydrogen-bond donors (Lipinski definition) is 21. The van der Waals surface area contributed by atoms with Crippen molar-refractivity contribution < 1.29 is 82.8 Å². The monoisotopic (exact) mass is 1360 g/mol. The number of nitrogens with two attached hydrogens (primary N) is 6. The summed E-state index contributed by atoms with van der Waals surface area (Å²) in [7, 11) is 0. The van der Waals surface area contributed by atoms with Gasteiger partial charge in [0.15, 0.2) is 5.96 Å². The van der Waals surface area contributed by atoms with Gasteiger partial charge in [-0.25, -0.2) is 4.79 Å². The summed E-state index contributed by atoms with van der Waals surface area (Å²) in [5, 5.41) is 67.2. The number of aliphatic carboxylic acids is 1. The molecule has 0 saturated carbocycles. The van der Waals surface area contributed by atoms with Crippen LogP contribution in [0.2, 0.25) is 0 Å². The van der Waals surface area contributed by atoms with Crippen molar-refractivity contribution in [3.8, 4) is 0 Å². The average molecular weight is 1360 g/mol. The third kappa shape index (κ3) is 39.9. The first-order valence-corrected chi connectivity index (χ1v) is 33.2. The summed E-state index contributed by atoms with van der Waals surface area (Å²) in [6, 6.07) is -13.9. The Hall–Kier alpha value is -7.51. The first-order valence-electron chi connectivity index (χ1n) is 32.0. The predicted octanol–water partition coefficient (Wildman–Crippen LogP) is -6.37. The van der Waals surface area contributed by atoms with Crippen LogP contribution < -0.4 is 92.9 Å². The number of aliphatic hydroxyl groups excluding tert-OH is 3. The molecule has 0 aromatic heterocycles. The molecule has 0 aromatic rings. The van der Waals surface area contributed by atoms with Crippen molar-refractivity contribution in [1.29, 1.82) is 0 Å². The SMILES string of the molecule is CCCCCCCCCCNC(=O)CCCSC[C@H](NC(=O)[C@H](CCCN=C(N)N)NC(=O)[C@H](C)NC(=O)[C@@H](NC(=O)[C@H](CCC(N)=O)NC(=O)[C@@H](N)CCCCN)[C@@H](C)O)C(=O)N[C@@H](CO)C(=O)N[C@H](C(=O)NCC(=O)NCC(=O)N[C@@H](CCCCN)C(=O)O)[C@@H](C)O. The third-order valence-corrected chi connectivity index (χ3v) is 15.4. The molecule has 36 heteroatoms. The van der Waals surface area contributed by atoms with Gasteiger partial charge in [0.25, 0.3) is 0 Å². The summed E-state index contributed by atoms with van der Waals surface area (Å²) < 4.78 is 0. The summed E-state index contributed by atoms with van der Waals surface area (Å²) in [5.41, 5.74) is 33.3. The van der Waals surface area contributed by atoms with Crippen molar-refractivity contribution >= 4 is 94.6 Å². The van der Waals surface area contributed by atoms with E-state index in [0.717, 1.165) is 57.7 Å². The number of guanidine groups is 1. The van der Waals surface area contributed by atoms with Gasteiger partial charge in [-0.1, -0.05) is 58.3 Å². The summed E-state index contributed by atoms with van der Waals surface area (Å²) in [5.74, 6) is -12.7. The number of carbonyl (C=O) groups excluding carboxylic acids is 12. The summed E-state index contributed by atoms with van der Waals surface area (Å²) in [6.45, 7) is 4.13. The highest BCUT2D eigenvalue weighted by Gasteiger charge is 2.36. The minimum absolute atomic E-state index is 0.0315. The molecule has 94 heavy (non-hydrogen) atoms. The number of carboxylic acid groups (broad SMARTS) is 1. The average Bonchev–Trinajstić information content (AvgIpc) is 0.914. The Balaban J connectivity index is 6.60. The summed E-state index contributed by atoms with van der Waals surface area (Å²) in [6.07, 6.45) is 7.26. The van der Waals surface area contributed by atoms with E-state index in [1.165, 1.54) is 26.2 Å². The molecule has 0 radical (unpaired) electrons. The molecule has 0 aliphatic rings. The van der Waals surface area contributed by atoms with E-state index in [2.05, 4.69) is 70.4 Å². The van der Waals surface area contributed by atoms with E-state index in [-0.39, 0.29) is 74.9 Å². The van der Waals surface area contributed by atoms with E-state index in [9.17, 15) is 82.8 Å². The van der Waals surface area contributed by atoms with E-state index in [0.29, 0.717) is 51.7 Å². The molecule has 12 amide bonds. The summed E-state index contributed by atoms with van der Waals surface area (Å²) >= 11 is 1.11. The van der Waals surface area contributed by atoms with E-state index in [1.54, 1.807) is 0 Å². The van der Waals surface area contributed by atoms with Crippen LogP contribution in [-0.4, -0.2) is 227 Å². The number of unbranched alkanes of at least 4 members (excludes halogenated alkanes) is 9. The number of amides is 12. The van der Waals surface area contributed by atoms with Gasteiger partial charge in [-0.2, -0.15) is 11.8 Å². The maximum Gasteiger partial charge on any atom is 0.326 e. The Bertz CT molecular complexity index is 2410. The molecule has 0 aromatic carbocycles. The van der Waals surface area contributed by atoms with Crippen molar-refractivity contribution in [1.82, 2.24) is 58.5 Å². The lowest BCUT2D eigenvalue weighted by Gasteiger charge is -2.28. The highest BCUT2D eigenvalue weighted by molar-refractivity contribution is 7.99. The smallest absolute Gasteiger partial charge is 0.326 e. The molecule has 0 aliphatic carbocycles. The molecule has 0 spiro atoms. The van der Waals surface area contributed by atoms with Gasteiger partial charge in [0, 0.05) is 31.7 Å². The minimum Gasteiger partial charge on any atom is -0.480 e. The van der Waals surface area contributed by atoms with Crippen molar-refractivity contribution in [2.24, 2.45) is 39.4 Å². The lowest BCUT2D eigenvalue weighted by atomic mass is 10.1. The highest BCUT2D eigenvalue weighted by atomic mass is 32.2. The maximum atomic E-state index is 14.3. The number of carboxylic acids is 1. The van der Waals surface area contributed by atoms with Crippen molar-refractivity contribution in [3.63, 3.8) is 0 Å². The van der Waals surface area contributed by atoms with Crippen LogP contribution in [0.15, 0.2) is 4.99 Å². The molecule has 538 valence electrons. The molecule has 35 nitrogen and oxygen atoms in total. The van der Waals surface area contributed by atoms with Crippen molar-refractivity contribution in [2.45, 2.75) is 223 Å². The quantitative estimate of drug-likeness (QED) is 0.0153. The van der Waals surface area contributed by atoms with Gasteiger partial charge in [0.05, 0.1) is 37.9 Å². The van der Waals surface area contributed by atoms with Crippen LogP contribution in [0.25, 0.3) is 0 Å². The Morgan fingerprint density at radius 2 is 0.979 bits per heavy atom. The normalized spacial score (nSPS) is 14.5. The number of hydrogen-bond acceptors (Lipinski definition) is 21. The predicted molar refractivity (Wildman–Crippen MR) is 350 cm³/mol. The second kappa shape index (κ2) is 50.9. The van der Waals surface area contributed by atoms with Crippen LogP contribution in [0, 0.1) is 0 Å². The van der Waals surface area contributed by atoms with Gasteiger partial charge >= 0.3 is 5.97 Å². The number of primary amides is 1. The van der Waals surface area contributed by atoms with Gasteiger partial charge < -0.3 is 113 Å². The topological polar surface area (TPSA) is 604 Å². The molecule has 27 N–H and O–H groups in total. The minimum atomic E-state index is -1.87. The van der Waals surface area contributed by atoms with E-state index in [4.69, 9.17) is 34.4 Å². The molecular weight excluding hydrogens is 1250 g/mol. The van der Waals surface area contributed by atoms with Gasteiger partial charge in [0.1, 0.15) is 48.3 Å². The van der Waals surface area contributed by atoms with E-state index in [1.807, 2.05) is 0 Å². The van der Waals surface area contributed by atoms with Crippen LogP contribution in [0.5, 0.6) is 0 Å². The number of carbonyl (C=O) groups is 13. The Kier molecular flexibility index (Phi) is 46.8. The fourth-order valence-electron chi connectivity index (χ4n) is 8.78. The highest BCUT2D eigenvalue weighted by Crippen LogP contribution is 2.12. The fraction of sp³-hybridized carbons (Fsp3) is 0.759. The number of aliphatic imine (C=N–C) groups is 1. The van der Waals surface area contributed by atoms with Crippen LogP contribution in [0.4, 0.5) is 0 Å². The Labute approximate surface area is 553 Å². The zero-order valence-corrected chi connectivity index (χ0v) is 55.6. The van der Waals surface area contributed by atoms with Crippen LogP contribution in [0.3, 0.4) is 0 Å². The lowest BCUT2D eigenvalue weighted by molar-refractivity contribution is -0.142. The standard InChI is InChI=1S/C58H108N18O17S/c1-5-6-7-8-9-10-11-16-27-65-44(81)22-18-29-94-33-42(54(89)73-41(32-77)53(88)75-47(35(3)78)55(90)68-30-45(82)67-31-46(83)70-40(57(92)93)20-13-15-26-60)74-51(86)38(21-17-28-66-58(63)64)71-49(84)34(2)69-56(91)48(36(4)79)76-52(87)39(23-24-43(62)80)72-50(85)37(61)19-12-14-25-59/h34-42,47-48,77-79H,5-33,59-61H2,1-4H3,(H2,62,80)(H,65,81)(H,67,82)(H,68,90)(H,69,91)(H,70,83)(H,71,84)(H,72,85)(H,73,89)(H,74,86)(H,75,88)(H,76,87)(H,92,93)(H4,63,64,66)/t34-,35+,36+,37-,38-,39-,40-,41-,42-,47-,48-/m0/s1. The van der Waals surface area contributed by atoms with Gasteiger partial charge in [-0.15, -0.1) is 0 Å². The summed E-state index contributed by atoms with van der Waals surface area (Å²) in [4.78, 5) is 174. The number of rotatable bonds is 54. The number of aliphatic hydroxyl groups is 3. The first kappa shape index (κ1) is 86.5. The Morgan fingerprint density at radius 3 is 1.55 bits per heavy atom. The molecule has 0 saturated heterocycles. The van der Waals surface area contributed by atoms with Crippen LogP contribution >= 0.6 is 11.8 Å². The molecular formula is C58H108N18O17S. The lowest BCUT2D eigenvalue weighted by Crippen LogP contribution is -2.62. The van der Waals surface area contributed by atoms with E-state index >= 15 is 0 Å². The van der Waals surface area contributed by atoms with Gasteiger partial charge in [0.2, 0.25) is 70.9 Å². The molecule has 0 rings (SSSR count). The molecule has 0 aliphatic heterocycles. The van der Waals surface area contributed by atoms with Crippen LogP contribution in [-0.2, 0) is 62.3 Å². The van der Waals surface area contributed by atoms with Crippen molar-refractivity contribution in [2.75, 3.05) is 57.4 Å². The second-order valence-corrected chi connectivity index (χ2v) is 23.8. The zero-order chi connectivity index (χ0) is 71.1. The number of nitrogens with zero attached hydrogens (tertiary/aromatic N) is 1. The molecule has 0 fully saturated rings. The van der Waals surface area contributed by atoms with Crippen molar-refractivity contribution in [3.05, 3.63) is 0 Å².